The van der Waals surface area contributed by atoms with Crippen LogP contribution in [0.2, 0.25) is 0 Å². The lowest BCUT2D eigenvalue weighted by Gasteiger charge is -2.26. The van der Waals surface area contributed by atoms with Crippen LogP contribution in [-0.4, -0.2) is 55.3 Å². The van der Waals surface area contributed by atoms with Crippen LogP contribution in [-0.2, 0) is 30.3 Å². The lowest BCUT2D eigenvalue weighted by atomic mass is 9.84. The molecule has 2 N–H and O–H groups in total. The molecule has 8 nitrogen and oxygen atoms in total. The molecule has 2 rings (SSSR count). The van der Waals surface area contributed by atoms with Crippen molar-refractivity contribution in [3.63, 3.8) is 0 Å². The number of methoxy groups -OCH3 is 2. The number of carbonyl (C=O) groups is 3. The van der Waals surface area contributed by atoms with Gasteiger partial charge in [-0.2, -0.15) is 0 Å². The number of carboxylic acid groups (broad SMARTS) is 1. The normalized spacial score (nSPS) is 13.4. The van der Waals surface area contributed by atoms with Crippen LogP contribution in [0, 0.1) is 44.8 Å². The Hall–Kier alpha value is -2.74. The zero-order chi connectivity index (χ0) is 47.8. The number of carbonyl (C=O) groups excluding carboxylic acids is 2. The number of ether oxygens (including phenoxy) is 2. The van der Waals surface area contributed by atoms with E-state index in [-0.39, 0.29) is 34.6 Å². The molecule has 2 heterocycles. The molecular weight excluding hydrogens is 749 g/mol. The molecule has 1 saturated heterocycles. The summed E-state index contributed by atoms with van der Waals surface area (Å²) in [5.74, 6) is 1.51. The standard InChI is InChI=1S/C11H23N.C10H15N.C8H16O2.C8H14O2.C8H18.C7H14O2/c1-11(2,3)7-4-10-5-8-12-9-6-10;1-9(2)6-7-10-5-3-4-8-11-10;2*1-8(2,3)6-5-7(9)10-4;1-7(2)6-8(3,4)5;1-7(2,3)5-4-6(8)9/h10,12H,4-9H2,1-3H3;3-5,8-9H,6-7H2,1-2H3;5-6H2,1-4H3;5-6H,1-4H3;7H,6H2,1-5H3;4-5H2,1-3H3,(H,8,9)/b;;;6-5+;;. The van der Waals surface area contributed by atoms with Gasteiger partial charge < -0.3 is 19.9 Å². The average Bonchev–Trinajstić information content (AvgIpc) is 3.10. The summed E-state index contributed by atoms with van der Waals surface area (Å²) in [5, 5.41) is 11.7. The number of aryl methyl sites for hydroxylation is 1. The predicted molar refractivity (Wildman–Crippen MR) is 258 cm³/mol. The van der Waals surface area contributed by atoms with Gasteiger partial charge in [-0.1, -0.05) is 144 Å². The number of aromatic nitrogens is 1. The fraction of sp³-hybridized carbons (Fsp3) is 0.808. The Balaban J connectivity index is -0.000000315. The largest absolute Gasteiger partial charge is 0.481 e. The smallest absolute Gasteiger partial charge is 0.330 e. The second kappa shape index (κ2) is 33.8. The number of hydrogen-bond acceptors (Lipinski definition) is 7. The van der Waals surface area contributed by atoms with Gasteiger partial charge in [0.1, 0.15) is 0 Å². The van der Waals surface area contributed by atoms with Crippen LogP contribution in [0.3, 0.4) is 0 Å². The van der Waals surface area contributed by atoms with Crippen molar-refractivity contribution in [3.05, 3.63) is 42.2 Å². The van der Waals surface area contributed by atoms with Crippen molar-refractivity contribution in [1.82, 2.24) is 10.3 Å². The summed E-state index contributed by atoms with van der Waals surface area (Å²) in [7, 11) is 2.79. The highest BCUT2D eigenvalue weighted by Crippen LogP contribution is 2.27. The molecule has 0 spiro atoms. The van der Waals surface area contributed by atoms with Crippen LogP contribution in [0.15, 0.2) is 36.5 Å². The first-order valence-electron chi connectivity index (χ1n) is 22.8. The summed E-state index contributed by atoms with van der Waals surface area (Å²) < 4.78 is 8.93. The number of carboxylic acids is 1. The molecule has 1 aliphatic rings. The number of piperidine rings is 1. The molecule has 0 unspecified atom stereocenters. The van der Waals surface area contributed by atoms with Crippen LogP contribution in [0.1, 0.15) is 201 Å². The Morgan fingerprint density at radius 2 is 1.23 bits per heavy atom. The van der Waals surface area contributed by atoms with Gasteiger partial charge in [-0.05, 0) is 128 Å². The van der Waals surface area contributed by atoms with Gasteiger partial charge in [0, 0.05) is 30.8 Å². The molecule has 1 aromatic rings. The van der Waals surface area contributed by atoms with Gasteiger partial charge in [-0.3, -0.25) is 14.6 Å². The van der Waals surface area contributed by atoms with Crippen LogP contribution >= 0.6 is 0 Å². The Morgan fingerprint density at radius 3 is 1.55 bits per heavy atom. The molecular formula is C52H100N2O6. The lowest BCUT2D eigenvalue weighted by molar-refractivity contribution is -0.141. The summed E-state index contributed by atoms with van der Waals surface area (Å²) in [5.41, 5.74) is 2.70. The van der Waals surface area contributed by atoms with Gasteiger partial charge in [0.05, 0.1) is 14.2 Å². The zero-order valence-corrected chi connectivity index (χ0v) is 43.3. The Labute approximate surface area is 372 Å². The molecule has 1 aromatic heterocycles. The summed E-state index contributed by atoms with van der Waals surface area (Å²) >= 11 is 0. The Bertz CT molecular complexity index is 1210. The van der Waals surface area contributed by atoms with E-state index in [9.17, 15) is 14.4 Å². The highest BCUT2D eigenvalue weighted by molar-refractivity contribution is 5.81. The van der Waals surface area contributed by atoms with Gasteiger partial charge in [0.25, 0.3) is 0 Å². The molecule has 0 atom stereocenters. The molecule has 0 aliphatic carbocycles. The molecule has 8 heteroatoms. The first kappa shape index (κ1) is 63.9. The van der Waals surface area contributed by atoms with Crippen molar-refractivity contribution in [2.24, 2.45) is 44.8 Å². The second-order valence-corrected chi connectivity index (χ2v) is 23.0. The number of aliphatic carboxylic acids is 1. The van der Waals surface area contributed by atoms with Crippen molar-refractivity contribution in [2.75, 3.05) is 27.3 Å². The molecule has 0 radical (unpaired) electrons. The van der Waals surface area contributed by atoms with Crippen molar-refractivity contribution in [3.8, 4) is 0 Å². The highest BCUT2D eigenvalue weighted by atomic mass is 16.5. The van der Waals surface area contributed by atoms with Crippen LogP contribution in [0.25, 0.3) is 0 Å². The number of nitrogens with zero attached hydrogens (tertiary/aromatic N) is 1. The SMILES string of the molecule is CC(C)(C)CCC(=O)O.CC(C)(C)CCC1CCNCC1.CC(C)CC(C)(C)C.CC(C)CCc1ccccn1.COC(=O)/C=C/C(C)(C)C.COC(=O)CCC(C)(C)C. The van der Waals surface area contributed by atoms with E-state index in [4.69, 9.17) is 5.11 Å². The summed E-state index contributed by atoms with van der Waals surface area (Å²) in [4.78, 5) is 35.5. The highest BCUT2D eigenvalue weighted by Gasteiger charge is 2.17. The molecule has 0 amide bonds. The molecule has 1 fully saturated rings. The van der Waals surface area contributed by atoms with Crippen LogP contribution in [0.4, 0.5) is 0 Å². The minimum atomic E-state index is -0.704. The third-order valence-corrected chi connectivity index (χ3v) is 8.80. The maximum atomic E-state index is 10.6. The van der Waals surface area contributed by atoms with Gasteiger partial charge in [-0.25, -0.2) is 4.79 Å². The van der Waals surface area contributed by atoms with E-state index in [1.807, 2.05) is 65.9 Å². The summed E-state index contributed by atoms with van der Waals surface area (Å²) in [6.45, 7) is 43.9. The monoisotopic (exact) mass is 849 g/mol. The van der Waals surface area contributed by atoms with Crippen molar-refractivity contribution in [2.45, 2.75) is 202 Å². The quantitative estimate of drug-likeness (QED) is 0.167. The topological polar surface area (TPSA) is 115 Å². The predicted octanol–water partition coefficient (Wildman–Crippen LogP) is 14.2. The van der Waals surface area contributed by atoms with E-state index in [0.717, 1.165) is 37.0 Å². The molecule has 0 aromatic carbocycles. The van der Waals surface area contributed by atoms with E-state index in [0.29, 0.717) is 17.3 Å². The van der Waals surface area contributed by atoms with Crippen molar-refractivity contribution >= 4 is 17.9 Å². The molecule has 60 heavy (non-hydrogen) atoms. The van der Waals surface area contributed by atoms with Gasteiger partial charge in [0.2, 0.25) is 0 Å². The number of nitrogens with one attached hydrogen (secondary N) is 1. The van der Waals surface area contributed by atoms with Gasteiger partial charge in [-0.15, -0.1) is 0 Å². The van der Waals surface area contributed by atoms with Gasteiger partial charge in [0.15, 0.2) is 0 Å². The summed E-state index contributed by atoms with van der Waals surface area (Å²) in [6.07, 6.45) is 16.9. The third kappa shape index (κ3) is 61.9. The number of rotatable bonds is 11. The Morgan fingerprint density at radius 1 is 0.733 bits per heavy atom. The fourth-order valence-electron chi connectivity index (χ4n) is 5.46. The number of pyridine rings is 1. The Kier molecular flexibility index (Phi) is 36.0. The zero-order valence-electron chi connectivity index (χ0n) is 43.3. The number of esters is 2. The lowest BCUT2D eigenvalue weighted by Crippen LogP contribution is -2.28. The van der Waals surface area contributed by atoms with Crippen LogP contribution in [0.5, 0.6) is 0 Å². The molecule has 0 saturated carbocycles. The maximum Gasteiger partial charge on any atom is 0.330 e. The maximum absolute atomic E-state index is 10.6. The van der Waals surface area contributed by atoms with Crippen LogP contribution < -0.4 is 5.32 Å². The minimum absolute atomic E-state index is 0.0498. The summed E-state index contributed by atoms with van der Waals surface area (Å²) in [6, 6.07) is 6.09. The minimum Gasteiger partial charge on any atom is -0.481 e. The molecule has 0 bridgehead atoms. The fourth-order valence-corrected chi connectivity index (χ4v) is 5.46. The average molecular weight is 849 g/mol. The van der Waals surface area contributed by atoms with Gasteiger partial charge >= 0.3 is 17.9 Å². The number of allylic oxidation sites excluding steroid dienone is 1. The third-order valence-electron chi connectivity index (χ3n) is 8.80. The van der Waals surface area contributed by atoms with E-state index in [2.05, 4.69) is 116 Å². The van der Waals surface area contributed by atoms with E-state index in [1.165, 1.54) is 77.6 Å². The van der Waals surface area contributed by atoms with E-state index < -0.39 is 5.97 Å². The first-order valence-corrected chi connectivity index (χ1v) is 22.8. The molecule has 354 valence electrons. The van der Waals surface area contributed by atoms with Crippen molar-refractivity contribution < 1.29 is 29.0 Å². The van der Waals surface area contributed by atoms with Crippen molar-refractivity contribution in [1.29, 1.82) is 0 Å². The molecule has 1 aliphatic heterocycles. The number of hydrogen-bond donors (Lipinski definition) is 2. The first-order chi connectivity index (χ1) is 27.1. The second-order valence-electron chi connectivity index (χ2n) is 23.0. The van der Waals surface area contributed by atoms with E-state index >= 15 is 0 Å². The van der Waals surface area contributed by atoms with E-state index in [1.54, 1.807) is 0 Å².